The van der Waals surface area contributed by atoms with Crippen LogP contribution in [0, 0.1) is 5.92 Å². The van der Waals surface area contributed by atoms with Crippen molar-refractivity contribution in [2.45, 2.75) is 38.3 Å². The molecule has 1 aromatic rings. The fourth-order valence-corrected chi connectivity index (χ4v) is 4.12. The summed E-state index contributed by atoms with van der Waals surface area (Å²) in [6.45, 7) is 4.78. The third kappa shape index (κ3) is 3.84. The standard InChI is InChI=1S/C16H25N3OS/c17-14-5-3-13(4-6-14)16(20)19-9-7-18(8-10-19)12-15-2-1-11-21-15/h1-2,11,13-14H,3-10,12,17H2. The van der Waals surface area contributed by atoms with Crippen LogP contribution in [0.4, 0.5) is 0 Å². The zero-order chi connectivity index (χ0) is 14.7. The topological polar surface area (TPSA) is 49.6 Å². The Morgan fingerprint density at radius 3 is 2.52 bits per heavy atom. The summed E-state index contributed by atoms with van der Waals surface area (Å²) in [5, 5.41) is 2.13. The summed E-state index contributed by atoms with van der Waals surface area (Å²) in [5.74, 6) is 0.603. The molecule has 5 heteroatoms. The molecular formula is C16H25N3OS. The number of hydrogen-bond donors (Lipinski definition) is 1. The van der Waals surface area contributed by atoms with E-state index in [1.165, 1.54) is 4.88 Å². The third-order valence-electron chi connectivity index (χ3n) is 4.76. The Bertz CT molecular complexity index is 446. The Hall–Kier alpha value is -0.910. The average Bonchev–Trinajstić information content (AvgIpc) is 3.01. The van der Waals surface area contributed by atoms with Gasteiger partial charge >= 0.3 is 0 Å². The van der Waals surface area contributed by atoms with Crippen LogP contribution < -0.4 is 5.73 Å². The quantitative estimate of drug-likeness (QED) is 0.928. The van der Waals surface area contributed by atoms with Crippen molar-refractivity contribution in [2.24, 2.45) is 11.7 Å². The summed E-state index contributed by atoms with van der Waals surface area (Å²) in [7, 11) is 0. The van der Waals surface area contributed by atoms with Crippen LogP contribution in [-0.4, -0.2) is 47.9 Å². The van der Waals surface area contributed by atoms with E-state index in [4.69, 9.17) is 5.73 Å². The van der Waals surface area contributed by atoms with Gasteiger partial charge in [-0.05, 0) is 37.1 Å². The second-order valence-electron chi connectivity index (χ2n) is 6.29. The second kappa shape index (κ2) is 6.90. The maximum absolute atomic E-state index is 12.6. The van der Waals surface area contributed by atoms with Crippen molar-refractivity contribution in [3.8, 4) is 0 Å². The molecule has 116 valence electrons. The molecule has 0 unspecified atom stereocenters. The number of rotatable bonds is 3. The largest absolute Gasteiger partial charge is 0.340 e. The highest BCUT2D eigenvalue weighted by atomic mass is 32.1. The van der Waals surface area contributed by atoms with Crippen LogP contribution >= 0.6 is 11.3 Å². The van der Waals surface area contributed by atoms with E-state index in [9.17, 15) is 4.79 Å². The summed E-state index contributed by atoms with van der Waals surface area (Å²) in [5.41, 5.74) is 5.93. The molecule has 1 saturated heterocycles. The number of thiophene rings is 1. The van der Waals surface area contributed by atoms with E-state index in [1.54, 1.807) is 0 Å². The van der Waals surface area contributed by atoms with E-state index in [2.05, 4.69) is 27.3 Å². The Labute approximate surface area is 130 Å². The molecule has 2 heterocycles. The van der Waals surface area contributed by atoms with Gasteiger partial charge in [0.2, 0.25) is 5.91 Å². The SMILES string of the molecule is NC1CCC(C(=O)N2CCN(Cc3cccs3)CC2)CC1. The fraction of sp³-hybridized carbons (Fsp3) is 0.688. The van der Waals surface area contributed by atoms with Gasteiger partial charge in [-0.25, -0.2) is 0 Å². The van der Waals surface area contributed by atoms with Gasteiger partial charge < -0.3 is 10.6 Å². The molecule has 21 heavy (non-hydrogen) atoms. The zero-order valence-electron chi connectivity index (χ0n) is 12.5. The monoisotopic (exact) mass is 307 g/mol. The van der Waals surface area contributed by atoms with Crippen molar-refractivity contribution in [2.75, 3.05) is 26.2 Å². The van der Waals surface area contributed by atoms with Gasteiger partial charge in [0.1, 0.15) is 0 Å². The lowest BCUT2D eigenvalue weighted by molar-refractivity contribution is -0.138. The third-order valence-corrected chi connectivity index (χ3v) is 5.63. The minimum atomic E-state index is 0.230. The van der Waals surface area contributed by atoms with E-state index < -0.39 is 0 Å². The molecule has 0 atom stereocenters. The summed E-state index contributed by atoms with van der Waals surface area (Å²) in [4.78, 5) is 18.5. The van der Waals surface area contributed by atoms with Gasteiger partial charge in [0, 0.05) is 49.6 Å². The zero-order valence-corrected chi connectivity index (χ0v) is 13.4. The molecule has 3 rings (SSSR count). The first-order chi connectivity index (χ1) is 10.2. The van der Waals surface area contributed by atoms with Crippen LogP contribution in [0.3, 0.4) is 0 Å². The summed E-state index contributed by atoms with van der Waals surface area (Å²) < 4.78 is 0. The molecule has 1 aliphatic carbocycles. The summed E-state index contributed by atoms with van der Waals surface area (Å²) >= 11 is 1.81. The van der Waals surface area contributed by atoms with E-state index in [-0.39, 0.29) is 5.92 Å². The molecule has 1 amide bonds. The molecular weight excluding hydrogens is 282 g/mol. The van der Waals surface area contributed by atoms with Crippen molar-refractivity contribution in [1.29, 1.82) is 0 Å². The van der Waals surface area contributed by atoms with Crippen LogP contribution in [0.2, 0.25) is 0 Å². The average molecular weight is 307 g/mol. The molecule has 0 radical (unpaired) electrons. The van der Waals surface area contributed by atoms with Crippen molar-refractivity contribution < 1.29 is 4.79 Å². The number of carbonyl (C=O) groups is 1. The van der Waals surface area contributed by atoms with E-state index in [0.717, 1.165) is 58.4 Å². The minimum Gasteiger partial charge on any atom is -0.340 e. The van der Waals surface area contributed by atoms with Crippen LogP contribution in [0.5, 0.6) is 0 Å². The normalized spacial score (nSPS) is 27.8. The van der Waals surface area contributed by atoms with E-state index in [0.29, 0.717) is 11.9 Å². The number of nitrogens with two attached hydrogens (primary N) is 1. The molecule has 1 saturated carbocycles. The van der Waals surface area contributed by atoms with Crippen molar-refractivity contribution >= 4 is 17.2 Å². The lowest BCUT2D eigenvalue weighted by Gasteiger charge is -2.37. The van der Waals surface area contributed by atoms with Crippen molar-refractivity contribution in [3.05, 3.63) is 22.4 Å². The van der Waals surface area contributed by atoms with Gasteiger partial charge in [-0.1, -0.05) is 6.07 Å². The van der Waals surface area contributed by atoms with Crippen LogP contribution in [-0.2, 0) is 11.3 Å². The maximum Gasteiger partial charge on any atom is 0.225 e. The highest BCUT2D eigenvalue weighted by molar-refractivity contribution is 7.09. The smallest absolute Gasteiger partial charge is 0.225 e. The van der Waals surface area contributed by atoms with Gasteiger partial charge in [-0.15, -0.1) is 11.3 Å². The number of hydrogen-bond acceptors (Lipinski definition) is 4. The summed E-state index contributed by atoms with van der Waals surface area (Å²) in [6, 6.07) is 4.61. The number of piperazine rings is 1. The lowest BCUT2D eigenvalue weighted by atomic mass is 9.85. The number of carbonyl (C=O) groups excluding carboxylic acids is 1. The molecule has 0 spiro atoms. The number of nitrogens with zero attached hydrogens (tertiary/aromatic N) is 2. The Morgan fingerprint density at radius 2 is 1.90 bits per heavy atom. The first kappa shape index (κ1) is 15.0. The first-order valence-electron chi connectivity index (χ1n) is 8.01. The molecule has 0 aromatic carbocycles. The molecule has 2 fully saturated rings. The Morgan fingerprint density at radius 1 is 1.19 bits per heavy atom. The Balaban J connectivity index is 1.45. The van der Waals surface area contributed by atoms with E-state index in [1.807, 2.05) is 11.3 Å². The molecule has 2 aliphatic rings. The van der Waals surface area contributed by atoms with Gasteiger partial charge in [-0.2, -0.15) is 0 Å². The molecule has 2 N–H and O–H groups in total. The molecule has 1 aliphatic heterocycles. The molecule has 4 nitrogen and oxygen atoms in total. The molecule has 1 aromatic heterocycles. The van der Waals surface area contributed by atoms with Crippen LogP contribution in [0.25, 0.3) is 0 Å². The maximum atomic E-state index is 12.6. The van der Waals surface area contributed by atoms with Gasteiger partial charge in [-0.3, -0.25) is 9.69 Å². The molecule has 0 bridgehead atoms. The lowest BCUT2D eigenvalue weighted by Crippen LogP contribution is -2.50. The first-order valence-corrected chi connectivity index (χ1v) is 8.89. The van der Waals surface area contributed by atoms with Crippen molar-refractivity contribution in [1.82, 2.24) is 9.80 Å². The minimum absolute atomic E-state index is 0.230. The van der Waals surface area contributed by atoms with Gasteiger partial charge in [0.15, 0.2) is 0 Å². The highest BCUT2D eigenvalue weighted by Crippen LogP contribution is 2.25. The van der Waals surface area contributed by atoms with Crippen LogP contribution in [0.1, 0.15) is 30.6 Å². The highest BCUT2D eigenvalue weighted by Gasteiger charge is 2.30. The van der Waals surface area contributed by atoms with Gasteiger partial charge in [0.05, 0.1) is 0 Å². The number of amides is 1. The van der Waals surface area contributed by atoms with Crippen LogP contribution in [0.15, 0.2) is 17.5 Å². The van der Waals surface area contributed by atoms with E-state index >= 15 is 0 Å². The summed E-state index contributed by atoms with van der Waals surface area (Å²) in [6.07, 6.45) is 3.98. The van der Waals surface area contributed by atoms with Crippen molar-refractivity contribution in [3.63, 3.8) is 0 Å². The predicted octanol–water partition coefficient (Wildman–Crippen LogP) is 1.91. The fourth-order valence-electron chi connectivity index (χ4n) is 3.37. The second-order valence-corrected chi connectivity index (χ2v) is 7.32. The van der Waals surface area contributed by atoms with Gasteiger partial charge in [0.25, 0.3) is 0 Å². The predicted molar refractivity (Wildman–Crippen MR) is 86.1 cm³/mol. The Kier molecular flexibility index (Phi) is 4.93.